The van der Waals surface area contributed by atoms with E-state index in [1.54, 1.807) is 12.1 Å². The standard InChI is InChI=1S/C21H16FN5O2S/c22-15-6-8-16(9-7-15)23-20(29)19(14-4-2-1-3-5-14)30-21-24-25-26-27(21)17-10-12-18(28)13-11-17/h1-13,19,28H,(H,23,29)/t19-/m0/s1. The van der Waals surface area contributed by atoms with E-state index in [1.165, 1.54) is 52.8 Å². The van der Waals surface area contributed by atoms with Crippen molar-refractivity contribution in [2.75, 3.05) is 5.32 Å². The van der Waals surface area contributed by atoms with E-state index in [9.17, 15) is 14.3 Å². The molecule has 0 aliphatic heterocycles. The molecule has 9 heteroatoms. The van der Waals surface area contributed by atoms with Gasteiger partial charge in [0.15, 0.2) is 0 Å². The van der Waals surface area contributed by atoms with E-state index < -0.39 is 5.25 Å². The Balaban J connectivity index is 1.63. The molecule has 1 atom stereocenters. The number of benzene rings is 3. The number of anilines is 1. The summed E-state index contributed by atoms with van der Waals surface area (Å²) in [5, 5.41) is 23.8. The molecule has 0 saturated heterocycles. The normalized spacial score (nSPS) is 11.8. The minimum Gasteiger partial charge on any atom is -0.508 e. The van der Waals surface area contributed by atoms with Crippen LogP contribution in [0.25, 0.3) is 5.69 Å². The third-order valence-corrected chi connectivity index (χ3v) is 5.40. The highest BCUT2D eigenvalue weighted by Crippen LogP contribution is 2.35. The predicted octanol–water partition coefficient (Wildman–Crippen LogP) is 3.98. The van der Waals surface area contributed by atoms with Crippen molar-refractivity contribution < 1.29 is 14.3 Å². The number of carbonyl (C=O) groups excluding carboxylic acids is 1. The van der Waals surface area contributed by atoms with Gasteiger partial charge in [-0.25, -0.2) is 4.39 Å². The van der Waals surface area contributed by atoms with Crippen LogP contribution in [0.4, 0.5) is 10.1 Å². The lowest BCUT2D eigenvalue weighted by Gasteiger charge is -2.16. The van der Waals surface area contributed by atoms with Crippen molar-refractivity contribution in [3.8, 4) is 11.4 Å². The molecule has 0 aliphatic rings. The molecular formula is C21H16FN5O2S. The number of nitrogens with one attached hydrogen (secondary N) is 1. The van der Waals surface area contributed by atoms with E-state index in [2.05, 4.69) is 20.8 Å². The topological polar surface area (TPSA) is 92.9 Å². The quantitative estimate of drug-likeness (QED) is 0.458. The zero-order chi connectivity index (χ0) is 20.9. The molecule has 0 radical (unpaired) electrons. The second kappa shape index (κ2) is 8.75. The predicted molar refractivity (Wildman–Crippen MR) is 111 cm³/mol. The zero-order valence-electron chi connectivity index (χ0n) is 15.5. The third kappa shape index (κ3) is 4.47. The van der Waals surface area contributed by atoms with Crippen LogP contribution in [0.3, 0.4) is 0 Å². The molecular weight excluding hydrogens is 405 g/mol. The summed E-state index contributed by atoms with van der Waals surface area (Å²) in [6.07, 6.45) is 0. The highest BCUT2D eigenvalue weighted by atomic mass is 32.2. The van der Waals surface area contributed by atoms with Crippen LogP contribution in [0, 0.1) is 5.82 Å². The fourth-order valence-corrected chi connectivity index (χ4v) is 3.75. The molecule has 3 aromatic carbocycles. The van der Waals surface area contributed by atoms with Crippen LogP contribution in [0.15, 0.2) is 84.0 Å². The number of halogens is 1. The van der Waals surface area contributed by atoms with Gasteiger partial charge in [0.05, 0.1) is 5.69 Å². The van der Waals surface area contributed by atoms with Crippen molar-refractivity contribution in [1.29, 1.82) is 0 Å². The second-order valence-electron chi connectivity index (χ2n) is 6.29. The summed E-state index contributed by atoms with van der Waals surface area (Å²) in [7, 11) is 0. The lowest BCUT2D eigenvalue weighted by molar-refractivity contribution is -0.115. The van der Waals surface area contributed by atoms with Crippen molar-refractivity contribution in [2.45, 2.75) is 10.4 Å². The Morgan fingerprint density at radius 1 is 1.00 bits per heavy atom. The van der Waals surface area contributed by atoms with Crippen molar-refractivity contribution in [3.63, 3.8) is 0 Å². The number of hydrogen-bond acceptors (Lipinski definition) is 6. The monoisotopic (exact) mass is 421 g/mol. The first-order chi connectivity index (χ1) is 14.6. The molecule has 30 heavy (non-hydrogen) atoms. The Morgan fingerprint density at radius 3 is 2.40 bits per heavy atom. The van der Waals surface area contributed by atoms with Gasteiger partial charge in [-0.15, -0.1) is 5.10 Å². The van der Waals surface area contributed by atoms with Crippen LogP contribution < -0.4 is 5.32 Å². The van der Waals surface area contributed by atoms with E-state index in [-0.39, 0.29) is 17.5 Å². The molecule has 7 nitrogen and oxygen atoms in total. The molecule has 0 spiro atoms. The Kier molecular flexibility index (Phi) is 5.71. The molecule has 0 fully saturated rings. The summed E-state index contributed by atoms with van der Waals surface area (Å²) in [6.45, 7) is 0. The molecule has 2 N–H and O–H groups in total. The first kappa shape index (κ1) is 19.6. The molecule has 1 heterocycles. The number of thioether (sulfide) groups is 1. The van der Waals surface area contributed by atoms with Gasteiger partial charge in [-0.05, 0) is 64.5 Å². The number of tetrazole rings is 1. The van der Waals surface area contributed by atoms with Gasteiger partial charge < -0.3 is 10.4 Å². The van der Waals surface area contributed by atoms with Gasteiger partial charge in [0.25, 0.3) is 0 Å². The molecule has 0 saturated carbocycles. The van der Waals surface area contributed by atoms with Crippen molar-refractivity contribution in [3.05, 3.63) is 90.2 Å². The number of aromatic nitrogens is 4. The summed E-state index contributed by atoms with van der Waals surface area (Å²) >= 11 is 1.18. The molecule has 1 aromatic heterocycles. The Hall–Kier alpha value is -3.72. The lowest BCUT2D eigenvalue weighted by Crippen LogP contribution is -2.19. The van der Waals surface area contributed by atoms with E-state index >= 15 is 0 Å². The highest BCUT2D eigenvalue weighted by molar-refractivity contribution is 8.00. The van der Waals surface area contributed by atoms with Gasteiger partial charge >= 0.3 is 0 Å². The summed E-state index contributed by atoms with van der Waals surface area (Å²) in [5.41, 5.74) is 1.90. The van der Waals surface area contributed by atoms with E-state index in [1.807, 2.05) is 30.3 Å². The lowest BCUT2D eigenvalue weighted by atomic mass is 10.1. The molecule has 0 unspecified atom stereocenters. The van der Waals surface area contributed by atoms with Crippen LogP contribution in [0.5, 0.6) is 5.75 Å². The average Bonchev–Trinajstić information content (AvgIpc) is 3.23. The van der Waals surface area contributed by atoms with E-state index in [0.29, 0.717) is 16.5 Å². The van der Waals surface area contributed by atoms with Gasteiger partial charge in [0, 0.05) is 5.69 Å². The number of nitrogens with zero attached hydrogens (tertiary/aromatic N) is 4. The van der Waals surface area contributed by atoms with Gasteiger partial charge in [0.2, 0.25) is 11.1 Å². The summed E-state index contributed by atoms with van der Waals surface area (Å²) in [4.78, 5) is 13.1. The summed E-state index contributed by atoms with van der Waals surface area (Å²) in [5.74, 6) is -0.546. The first-order valence-corrected chi connectivity index (χ1v) is 9.84. The molecule has 4 rings (SSSR count). The van der Waals surface area contributed by atoms with Crippen LogP contribution in [-0.2, 0) is 4.79 Å². The fraction of sp³-hybridized carbons (Fsp3) is 0.0476. The number of aromatic hydroxyl groups is 1. The maximum Gasteiger partial charge on any atom is 0.242 e. The van der Waals surface area contributed by atoms with Gasteiger partial charge in [-0.3, -0.25) is 4.79 Å². The minimum atomic E-state index is -0.655. The van der Waals surface area contributed by atoms with Crippen LogP contribution in [0.1, 0.15) is 10.8 Å². The molecule has 4 aromatic rings. The third-order valence-electron chi connectivity index (χ3n) is 4.21. The SMILES string of the molecule is O=C(Nc1ccc(F)cc1)[C@@H](Sc1nnnn1-c1ccc(O)cc1)c1ccccc1. The van der Waals surface area contributed by atoms with Crippen LogP contribution in [0.2, 0.25) is 0 Å². The van der Waals surface area contributed by atoms with Gasteiger partial charge in [-0.1, -0.05) is 42.1 Å². The number of hydrogen-bond donors (Lipinski definition) is 2. The molecule has 0 bridgehead atoms. The molecule has 0 aliphatic carbocycles. The van der Waals surface area contributed by atoms with Gasteiger partial charge in [0.1, 0.15) is 16.8 Å². The number of carbonyl (C=O) groups is 1. The number of amides is 1. The summed E-state index contributed by atoms with van der Waals surface area (Å²) in [6, 6.07) is 21.2. The van der Waals surface area contributed by atoms with Crippen LogP contribution >= 0.6 is 11.8 Å². The van der Waals surface area contributed by atoms with Crippen molar-refractivity contribution in [1.82, 2.24) is 20.2 Å². The van der Waals surface area contributed by atoms with E-state index in [4.69, 9.17) is 0 Å². The smallest absolute Gasteiger partial charge is 0.242 e. The summed E-state index contributed by atoms with van der Waals surface area (Å²) < 4.78 is 14.7. The maximum absolute atomic E-state index is 13.2. The average molecular weight is 421 g/mol. The van der Waals surface area contributed by atoms with Crippen molar-refractivity contribution in [2.24, 2.45) is 0 Å². The number of phenolic OH excluding ortho intramolecular Hbond substituents is 1. The Morgan fingerprint density at radius 2 is 1.70 bits per heavy atom. The molecule has 150 valence electrons. The number of rotatable bonds is 6. The Labute approximate surface area is 175 Å². The minimum absolute atomic E-state index is 0.127. The fourth-order valence-electron chi connectivity index (χ4n) is 2.76. The van der Waals surface area contributed by atoms with Crippen molar-refractivity contribution >= 4 is 23.4 Å². The van der Waals surface area contributed by atoms with E-state index in [0.717, 1.165) is 5.56 Å². The first-order valence-electron chi connectivity index (χ1n) is 8.96. The molecule has 1 amide bonds. The zero-order valence-corrected chi connectivity index (χ0v) is 16.3. The Bertz CT molecular complexity index is 1130. The largest absolute Gasteiger partial charge is 0.508 e. The maximum atomic E-state index is 13.2. The second-order valence-corrected chi connectivity index (χ2v) is 7.37. The van der Waals surface area contributed by atoms with Gasteiger partial charge in [-0.2, -0.15) is 4.68 Å². The highest BCUT2D eigenvalue weighted by Gasteiger charge is 2.25. The number of phenols is 1. The van der Waals surface area contributed by atoms with Crippen LogP contribution in [-0.4, -0.2) is 31.2 Å².